The van der Waals surface area contributed by atoms with Crippen molar-refractivity contribution in [3.05, 3.63) is 44.3 Å². The zero-order chi connectivity index (χ0) is 12.4. The van der Waals surface area contributed by atoms with Gasteiger partial charge in [0.05, 0.1) is 16.3 Å². The van der Waals surface area contributed by atoms with E-state index >= 15 is 0 Å². The molecule has 2 rings (SSSR count). The second-order valence-electron chi connectivity index (χ2n) is 3.37. The van der Waals surface area contributed by atoms with E-state index in [2.05, 4.69) is 26.2 Å². The number of aromatic nitrogens is 1. The molecule has 3 nitrogen and oxygen atoms in total. The van der Waals surface area contributed by atoms with Crippen molar-refractivity contribution in [2.75, 3.05) is 5.32 Å². The van der Waals surface area contributed by atoms with Gasteiger partial charge in [0.2, 0.25) is 0 Å². The Labute approximate surface area is 116 Å². The van der Waals surface area contributed by atoms with Gasteiger partial charge < -0.3 is 0 Å². The normalized spacial score (nSPS) is 10.3. The van der Waals surface area contributed by atoms with E-state index in [1.54, 1.807) is 18.2 Å². The van der Waals surface area contributed by atoms with Crippen LogP contribution in [0.25, 0.3) is 0 Å². The maximum Gasteiger partial charge on any atom is 0.258 e. The molecule has 1 aromatic carbocycles. The second-order valence-corrected chi connectivity index (χ2v) is 5.55. The van der Waals surface area contributed by atoms with Crippen LogP contribution in [0.5, 0.6) is 0 Å². The molecule has 0 fully saturated rings. The average Bonchev–Trinajstić information content (AvgIpc) is 2.63. The van der Waals surface area contributed by atoms with E-state index in [0.717, 1.165) is 10.2 Å². The predicted molar refractivity (Wildman–Crippen MR) is 74.0 cm³/mol. The molecule has 0 atom stereocenters. The van der Waals surface area contributed by atoms with Gasteiger partial charge in [0.15, 0.2) is 5.13 Å². The number of carbonyl (C=O) groups is 1. The number of anilines is 1. The number of nitrogens with one attached hydrogen (secondary N) is 1. The van der Waals surface area contributed by atoms with Gasteiger partial charge in [-0.15, -0.1) is 11.3 Å². The first kappa shape index (κ1) is 12.5. The molecule has 0 bridgehead atoms. The third-order valence-corrected chi connectivity index (χ3v) is 3.70. The quantitative estimate of drug-likeness (QED) is 0.899. The molecule has 0 saturated carbocycles. The minimum absolute atomic E-state index is 0.253. The Kier molecular flexibility index (Phi) is 3.81. The summed E-state index contributed by atoms with van der Waals surface area (Å²) in [5, 5.41) is 5.56. The lowest BCUT2D eigenvalue weighted by Crippen LogP contribution is -2.12. The van der Waals surface area contributed by atoms with Crippen molar-refractivity contribution in [1.82, 2.24) is 4.98 Å². The van der Waals surface area contributed by atoms with Crippen LogP contribution in [0.2, 0.25) is 5.02 Å². The summed E-state index contributed by atoms with van der Waals surface area (Å²) in [6.45, 7) is 1.87. The number of halogens is 2. The minimum atomic E-state index is -0.253. The van der Waals surface area contributed by atoms with Crippen molar-refractivity contribution in [3.63, 3.8) is 0 Å². The zero-order valence-corrected chi connectivity index (χ0v) is 12.0. The first-order chi connectivity index (χ1) is 8.06. The lowest BCUT2D eigenvalue weighted by atomic mass is 10.2. The van der Waals surface area contributed by atoms with Crippen LogP contribution in [0, 0.1) is 6.92 Å². The maximum atomic E-state index is 11.9. The van der Waals surface area contributed by atoms with Gasteiger partial charge in [0.1, 0.15) is 0 Å². The van der Waals surface area contributed by atoms with E-state index in [0.29, 0.717) is 15.7 Å². The van der Waals surface area contributed by atoms with Crippen LogP contribution in [0.4, 0.5) is 5.13 Å². The molecule has 0 aliphatic carbocycles. The first-order valence-electron chi connectivity index (χ1n) is 4.75. The number of amides is 1. The summed E-state index contributed by atoms with van der Waals surface area (Å²) in [4.78, 5) is 16.1. The Balaban J connectivity index is 2.20. The number of aryl methyl sites for hydroxylation is 1. The SMILES string of the molecule is Cc1csc(NC(=O)c2ccc(Br)cc2Cl)n1. The second kappa shape index (κ2) is 5.16. The summed E-state index contributed by atoms with van der Waals surface area (Å²) in [5.74, 6) is -0.253. The molecule has 88 valence electrons. The molecule has 0 aliphatic rings. The highest BCUT2D eigenvalue weighted by molar-refractivity contribution is 9.10. The summed E-state index contributed by atoms with van der Waals surface area (Å²) in [6, 6.07) is 5.12. The molecule has 0 spiro atoms. The van der Waals surface area contributed by atoms with Crippen molar-refractivity contribution in [1.29, 1.82) is 0 Å². The lowest BCUT2D eigenvalue weighted by Gasteiger charge is -2.04. The van der Waals surface area contributed by atoms with E-state index in [4.69, 9.17) is 11.6 Å². The van der Waals surface area contributed by atoms with E-state index in [-0.39, 0.29) is 5.91 Å². The Morgan fingerprint density at radius 1 is 1.53 bits per heavy atom. The summed E-state index contributed by atoms with van der Waals surface area (Å²) in [5.41, 5.74) is 1.31. The number of thiazole rings is 1. The standard InChI is InChI=1S/C11H8BrClN2OS/c1-6-5-17-11(14-6)15-10(16)8-3-2-7(12)4-9(8)13/h2-5H,1H3,(H,14,15,16). The summed E-state index contributed by atoms with van der Waals surface area (Å²) in [7, 11) is 0. The highest BCUT2D eigenvalue weighted by Gasteiger charge is 2.12. The van der Waals surface area contributed by atoms with Gasteiger partial charge in [-0.2, -0.15) is 0 Å². The molecule has 1 aromatic heterocycles. The molecule has 6 heteroatoms. The molecule has 0 saturated heterocycles. The molecule has 1 heterocycles. The van der Waals surface area contributed by atoms with E-state index < -0.39 is 0 Å². The summed E-state index contributed by atoms with van der Waals surface area (Å²) >= 11 is 10.7. The van der Waals surface area contributed by atoms with Gasteiger partial charge in [-0.1, -0.05) is 27.5 Å². The number of carbonyl (C=O) groups excluding carboxylic acids is 1. The molecule has 0 aliphatic heterocycles. The molecular formula is C11H8BrClN2OS. The van der Waals surface area contributed by atoms with Crippen molar-refractivity contribution >= 4 is 49.9 Å². The summed E-state index contributed by atoms with van der Waals surface area (Å²) in [6.07, 6.45) is 0. The van der Waals surface area contributed by atoms with E-state index in [9.17, 15) is 4.79 Å². The monoisotopic (exact) mass is 330 g/mol. The van der Waals surface area contributed by atoms with Gasteiger partial charge in [-0.25, -0.2) is 4.98 Å². The average molecular weight is 332 g/mol. The first-order valence-corrected chi connectivity index (χ1v) is 6.80. The highest BCUT2D eigenvalue weighted by atomic mass is 79.9. The van der Waals surface area contributed by atoms with Gasteiger partial charge in [-0.05, 0) is 25.1 Å². The van der Waals surface area contributed by atoms with Crippen molar-refractivity contribution in [2.45, 2.75) is 6.92 Å². The predicted octanol–water partition coefficient (Wildman–Crippen LogP) is 4.12. The largest absolute Gasteiger partial charge is 0.298 e. The van der Waals surface area contributed by atoms with Gasteiger partial charge in [-0.3, -0.25) is 10.1 Å². The van der Waals surface area contributed by atoms with E-state index in [1.165, 1.54) is 11.3 Å². The van der Waals surface area contributed by atoms with Crippen LogP contribution in [0.1, 0.15) is 16.1 Å². The molecule has 2 aromatic rings. The molecule has 1 N–H and O–H groups in total. The highest BCUT2D eigenvalue weighted by Crippen LogP contribution is 2.23. The fourth-order valence-electron chi connectivity index (χ4n) is 1.25. The number of hydrogen-bond donors (Lipinski definition) is 1. The fraction of sp³-hybridized carbons (Fsp3) is 0.0909. The molecule has 17 heavy (non-hydrogen) atoms. The van der Waals surface area contributed by atoms with E-state index in [1.807, 2.05) is 12.3 Å². The van der Waals surface area contributed by atoms with Crippen molar-refractivity contribution < 1.29 is 4.79 Å². The molecular weight excluding hydrogens is 324 g/mol. The van der Waals surface area contributed by atoms with Crippen LogP contribution in [-0.2, 0) is 0 Å². The summed E-state index contributed by atoms with van der Waals surface area (Å²) < 4.78 is 0.837. The van der Waals surface area contributed by atoms with Crippen LogP contribution in [0.15, 0.2) is 28.1 Å². The maximum absolute atomic E-state index is 11.9. The van der Waals surface area contributed by atoms with Crippen LogP contribution >= 0.6 is 38.9 Å². The Bertz CT molecular complexity index is 570. The van der Waals surface area contributed by atoms with Crippen molar-refractivity contribution in [3.8, 4) is 0 Å². The number of nitrogens with zero attached hydrogens (tertiary/aromatic N) is 1. The molecule has 0 radical (unpaired) electrons. The van der Waals surface area contributed by atoms with Gasteiger partial charge in [0.25, 0.3) is 5.91 Å². The van der Waals surface area contributed by atoms with Gasteiger partial charge >= 0.3 is 0 Å². The van der Waals surface area contributed by atoms with Crippen LogP contribution in [-0.4, -0.2) is 10.9 Å². The zero-order valence-electron chi connectivity index (χ0n) is 8.83. The fourth-order valence-corrected chi connectivity index (χ4v) is 2.69. The number of hydrogen-bond acceptors (Lipinski definition) is 3. The number of rotatable bonds is 2. The van der Waals surface area contributed by atoms with Crippen molar-refractivity contribution in [2.24, 2.45) is 0 Å². The minimum Gasteiger partial charge on any atom is -0.298 e. The topological polar surface area (TPSA) is 42.0 Å². The third-order valence-electron chi connectivity index (χ3n) is 2.02. The Morgan fingerprint density at radius 3 is 2.88 bits per heavy atom. The van der Waals surface area contributed by atoms with Crippen LogP contribution in [0.3, 0.4) is 0 Å². The number of benzene rings is 1. The third kappa shape index (κ3) is 3.06. The Morgan fingerprint density at radius 2 is 2.29 bits per heavy atom. The smallest absolute Gasteiger partial charge is 0.258 e. The molecule has 1 amide bonds. The van der Waals surface area contributed by atoms with Gasteiger partial charge in [0, 0.05) is 9.85 Å². The van der Waals surface area contributed by atoms with Crippen LogP contribution < -0.4 is 5.32 Å². The Hall–Kier alpha value is -0.910. The lowest BCUT2D eigenvalue weighted by molar-refractivity contribution is 0.102. The molecule has 0 unspecified atom stereocenters.